The van der Waals surface area contributed by atoms with Gasteiger partial charge in [0, 0.05) is 13.0 Å². The molecule has 0 unspecified atom stereocenters. The maximum absolute atomic E-state index is 11.1. The lowest BCUT2D eigenvalue weighted by atomic mass is 10.2. The Hall–Kier alpha value is -1.36. The minimum absolute atomic E-state index is 0.271. The first-order chi connectivity index (χ1) is 7.07. The van der Waals surface area contributed by atoms with Crippen molar-refractivity contribution in [1.82, 2.24) is 5.32 Å². The Labute approximate surface area is 89.1 Å². The highest BCUT2D eigenvalue weighted by Crippen LogP contribution is 1.92. The summed E-state index contributed by atoms with van der Waals surface area (Å²) in [5.74, 6) is -1.31. The van der Waals surface area contributed by atoms with E-state index in [9.17, 15) is 9.59 Å². The largest absolute Gasteiger partial charge is 0.480 e. The Kier molecular flexibility index (Phi) is 7.27. The molecule has 5 nitrogen and oxygen atoms in total. The van der Waals surface area contributed by atoms with Crippen LogP contribution >= 0.6 is 0 Å². The number of carboxylic acids is 1. The van der Waals surface area contributed by atoms with Gasteiger partial charge in [0.2, 0.25) is 5.91 Å². The number of carbonyl (C=O) groups excluding carboxylic acids is 1. The summed E-state index contributed by atoms with van der Waals surface area (Å²) in [6, 6.07) is -0.841. The number of rotatable bonds is 8. The highest BCUT2D eigenvalue weighted by Gasteiger charge is 2.12. The van der Waals surface area contributed by atoms with E-state index in [-0.39, 0.29) is 12.3 Å². The van der Waals surface area contributed by atoms with Crippen molar-refractivity contribution >= 4 is 11.9 Å². The zero-order valence-corrected chi connectivity index (χ0v) is 8.86. The number of carbonyl (C=O) groups is 2. The fraction of sp³-hybridized carbons (Fsp3) is 0.600. The predicted octanol–water partition coefficient (Wildman–Crippen LogP) is 0.558. The van der Waals surface area contributed by atoms with Gasteiger partial charge < -0.3 is 15.2 Å². The van der Waals surface area contributed by atoms with Crippen LogP contribution in [0.3, 0.4) is 0 Å². The summed E-state index contributed by atoms with van der Waals surface area (Å²) in [6.45, 7) is 5.85. The fourth-order valence-electron chi connectivity index (χ4n) is 0.877. The number of amides is 1. The predicted molar refractivity (Wildman–Crippen MR) is 55.5 cm³/mol. The smallest absolute Gasteiger partial charge is 0.325 e. The van der Waals surface area contributed by atoms with E-state index in [4.69, 9.17) is 9.84 Å². The highest BCUT2D eigenvalue weighted by molar-refractivity contribution is 5.83. The van der Waals surface area contributed by atoms with Crippen molar-refractivity contribution < 1.29 is 19.4 Å². The normalized spacial score (nSPS) is 11.8. The first-order valence-electron chi connectivity index (χ1n) is 4.78. The third-order valence-corrected chi connectivity index (χ3v) is 1.68. The van der Waals surface area contributed by atoms with Crippen molar-refractivity contribution in [2.75, 3.05) is 13.2 Å². The molecule has 0 radical (unpaired) electrons. The molecule has 0 spiro atoms. The van der Waals surface area contributed by atoms with Gasteiger partial charge in [-0.15, -0.1) is 6.58 Å². The van der Waals surface area contributed by atoms with Gasteiger partial charge in [-0.05, 0) is 13.3 Å². The van der Waals surface area contributed by atoms with Gasteiger partial charge in [-0.1, -0.05) is 6.08 Å². The second-order valence-electron chi connectivity index (χ2n) is 3.09. The molecule has 0 aliphatic carbocycles. The Morgan fingerprint density at radius 1 is 1.60 bits per heavy atom. The number of aliphatic carboxylic acids is 1. The SMILES string of the molecule is C=CCOCCCC(=O)N[C@@H](C)C(=O)O. The third-order valence-electron chi connectivity index (χ3n) is 1.68. The van der Waals surface area contributed by atoms with E-state index >= 15 is 0 Å². The van der Waals surface area contributed by atoms with Crippen LogP contribution in [0.2, 0.25) is 0 Å². The van der Waals surface area contributed by atoms with Gasteiger partial charge in [0.1, 0.15) is 6.04 Å². The van der Waals surface area contributed by atoms with Crippen LogP contribution < -0.4 is 5.32 Å². The lowest BCUT2D eigenvalue weighted by molar-refractivity contribution is -0.141. The van der Waals surface area contributed by atoms with Gasteiger partial charge in [0.15, 0.2) is 0 Å². The van der Waals surface area contributed by atoms with E-state index in [0.29, 0.717) is 19.6 Å². The molecule has 0 rings (SSSR count). The van der Waals surface area contributed by atoms with Crippen LogP contribution in [0.1, 0.15) is 19.8 Å². The molecule has 1 atom stereocenters. The Balaban J connectivity index is 3.49. The zero-order chi connectivity index (χ0) is 11.7. The van der Waals surface area contributed by atoms with E-state index in [0.717, 1.165) is 0 Å². The topological polar surface area (TPSA) is 75.6 Å². The van der Waals surface area contributed by atoms with Crippen molar-refractivity contribution in [3.05, 3.63) is 12.7 Å². The molecule has 1 amide bonds. The van der Waals surface area contributed by atoms with Gasteiger partial charge in [-0.2, -0.15) is 0 Å². The summed E-state index contributed by atoms with van der Waals surface area (Å²) in [6.07, 6.45) is 2.48. The zero-order valence-electron chi connectivity index (χ0n) is 8.86. The molecule has 15 heavy (non-hydrogen) atoms. The first-order valence-corrected chi connectivity index (χ1v) is 4.78. The fourth-order valence-corrected chi connectivity index (χ4v) is 0.877. The molecular formula is C10H17NO4. The van der Waals surface area contributed by atoms with Gasteiger partial charge >= 0.3 is 5.97 Å². The van der Waals surface area contributed by atoms with Crippen molar-refractivity contribution in [1.29, 1.82) is 0 Å². The number of nitrogens with one attached hydrogen (secondary N) is 1. The van der Waals surface area contributed by atoms with Gasteiger partial charge in [0.25, 0.3) is 0 Å². The van der Waals surface area contributed by atoms with Gasteiger partial charge in [-0.25, -0.2) is 0 Å². The minimum Gasteiger partial charge on any atom is -0.480 e. The lowest BCUT2D eigenvalue weighted by Crippen LogP contribution is -2.38. The van der Waals surface area contributed by atoms with Crippen molar-refractivity contribution in [3.8, 4) is 0 Å². The summed E-state index contributed by atoms with van der Waals surface area (Å²) in [5, 5.41) is 10.9. The number of carboxylic acid groups (broad SMARTS) is 1. The van der Waals surface area contributed by atoms with E-state index in [1.54, 1.807) is 6.08 Å². The number of hydrogen-bond acceptors (Lipinski definition) is 3. The van der Waals surface area contributed by atoms with Crippen LogP contribution in [0.15, 0.2) is 12.7 Å². The van der Waals surface area contributed by atoms with Crippen LogP contribution in [0, 0.1) is 0 Å². The van der Waals surface area contributed by atoms with E-state index in [2.05, 4.69) is 11.9 Å². The second kappa shape index (κ2) is 7.99. The van der Waals surface area contributed by atoms with E-state index < -0.39 is 12.0 Å². The number of hydrogen-bond donors (Lipinski definition) is 2. The van der Waals surface area contributed by atoms with Gasteiger partial charge in [-0.3, -0.25) is 9.59 Å². The monoisotopic (exact) mass is 215 g/mol. The molecular weight excluding hydrogens is 198 g/mol. The lowest BCUT2D eigenvalue weighted by Gasteiger charge is -2.08. The van der Waals surface area contributed by atoms with E-state index in [1.165, 1.54) is 6.92 Å². The van der Waals surface area contributed by atoms with Crippen LogP contribution in [0.4, 0.5) is 0 Å². The summed E-state index contributed by atoms with van der Waals surface area (Å²) >= 11 is 0. The molecule has 2 N–H and O–H groups in total. The summed E-state index contributed by atoms with van der Waals surface area (Å²) in [5.41, 5.74) is 0. The molecule has 0 saturated carbocycles. The van der Waals surface area contributed by atoms with Crippen LogP contribution in [-0.2, 0) is 14.3 Å². The van der Waals surface area contributed by atoms with Crippen LogP contribution in [0.5, 0.6) is 0 Å². The molecule has 86 valence electrons. The second-order valence-corrected chi connectivity index (χ2v) is 3.09. The third kappa shape index (κ3) is 7.69. The summed E-state index contributed by atoms with van der Waals surface area (Å²) in [4.78, 5) is 21.5. The first kappa shape index (κ1) is 13.6. The molecule has 0 saturated heterocycles. The highest BCUT2D eigenvalue weighted by atomic mass is 16.5. The van der Waals surface area contributed by atoms with Crippen LogP contribution in [0.25, 0.3) is 0 Å². The average molecular weight is 215 g/mol. The molecule has 0 aromatic rings. The van der Waals surface area contributed by atoms with E-state index in [1.807, 2.05) is 0 Å². The minimum atomic E-state index is -1.04. The molecule has 0 aliphatic rings. The average Bonchev–Trinajstić information content (AvgIpc) is 2.17. The Morgan fingerprint density at radius 3 is 2.80 bits per heavy atom. The molecule has 0 aromatic heterocycles. The molecule has 0 aliphatic heterocycles. The van der Waals surface area contributed by atoms with Crippen molar-refractivity contribution in [2.24, 2.45) is 0 Å². The maximum atomic E-state index is 11.1. The number of ether oxygens (including phenoxy) is 1. The summed E-state index contributed by atoms with van der Waals surface area (Å²) in [7, 11) is 0. The molecule has 5 heteroatoms. The molecule has 0 bridgehead atoms. The standard InChI is InChI=1S/C10H17NO4/c1-3-6-15-7-4-5-9(12)11-8(2)10(13)14/h3,8H,1,4-7H2,2H3,(H,11,12)(H,13,14)/t8-/m0/s1. The Bertz CT molecular complexity index is 227. The maximum Gasteiger partial charge on any atom is 0.325 e. The van der Waals surface area contributed by atoms with Crippen molar-refractivity contribution in [3.63, 3.8) is 0 Å². The summed E-state index contributed by atoms with van der Waals surface area (Å²) < 4.78 is 5.07. The Morgan fingerprint density at radius 2 is 2.27 bits per heavy atom. The molecule has 0 aromatic carbocycles. The van der Waals surface area contributed by atoms with Gasteiger partial charge in [0.05, 0.1) is 6.61 Å². The van der Waals surface area contributed by atoms with Crippen LogP contribution in [-0.4, -0.2) is 36.2 Å². The molecule has 0 fully saturated rings. The van der Waals surface area contributed by atoms with Crippen molar-refractivity contribution in [2.45, 2.75) is 25.8 Å². The quantitative estimate of drug-likeness (QED) is 0.458. The molecule has 0 heterocycles.